The second-order valence-electron chi connectivity index (χ2n) is 3.64. The number of halogens is 2. The minimum Gasteiger partial charge on any atom is -0.396 e. The maximum Gasteiger partial charge on any atom is 0.257 e. The van der Waals surface area contributed by atoms with Crippen LogP contribution in [0.1, 0.15) is 10.4 Å². The van der Waals surface area contributed by atoms with E-state index in [1.807, 2.05) is 0 Å². The molecule has 0 bridgehead atoms. The molecule has 0 unspecified atom stereocenters. The maximum atomic E-state index is 13.5. The number of carbonyl (C=O) groups excluding carboxylic acids is 1. The standard InChI is InChI=1S/C13H14F2N2O/c1-3-5-17(6-4-2)13(18)9-7-12(16)11(15)8-10(9)14/h3-4,7-8H,1-2,5-6,16H2. The molecular formula is C13H14F2N2O. The van der Waals surface area contributed by atoms with E-state index in [1.54, 1.807) is 0 Å². The highest BCUT2D eigenvalue weighted by Crippen LogP contribution is 2.18. The van der Waals surface area contributed by atoms with Crippen molar-refractivity contribution < 1.29 is 13.6 Å². The molecule has 2 N–H and O–H groups in total. The molecule has 0 atom stereocenters. The molecule has 0 heterocycles. The van der Waals surface area contributed by atoms with Crippen LogP contribution >= 0.6 is 0 Å². The van der Waals surface area contributed by atoms with E-state index in [1.165, 1.54) is 17.1 Å². The van der Waals surface area contributed by atoms with Crippen molar-refractivity contribution in [2.45, 2.75) is 0 Å². The van der Waals surface area contributed by atoms with E-state index < -0.39 is 17.5 Å². The van der Waals surface area contributed by atoms with Crippen LogP contribution in [-0.4, -0.2) is 23.9 Å². The Balaban J connectivity index is 3.11. The van der Waals surface area contributed by atoms with Crippen molar-refractivity contribution in [3.05, 3.63) is 54.6 Å². The quantitative estimate of drug-likeness (QED) is 0.646. The summed E-state index contributed by atoms with van der Waals surface area (Å²) in [6.07, 6.45) is 3.01. The second kappa shape index (κ2) is 5.95. The van der Waals surface area contributed by atoms with Gasteiger partial charge in [0.1, 0.15) is 11.6 Å². The molecule has 1 aromatic rings. The monoisotopic (exact) mass is 252 g/mol. The van der Waals surface area contributed by atoms with Crippen LogP contribution in [0.25, 0.3) is 0 Å². The van der Waals surface area contributed by atoms with Crippen molar-refractivity contribution in [3.63, 3.8) is 0 Å². The summed E-state index contributed by atoms with van der Waals surface area (Å²) in [4.78, 5) is 13.3. The fourth-order valence-corrected chi connectivity index (χ4v) is 1.45. The third-order valence-corrected chi connectivity index (χ3v) is 2.30. The highest BCUT2D eigenvalue weighted by Gasteiger charge is 2.19. The number of nitrogens with two attached hydrogens (primary N) is 1. The molecule has 0 fully saturated rings. The van der Waals surface area contributed by atoms with Crippen molar-refractivity contribution >= 4 is 11.6 Å². The van der Waals surface area contributed by atoms with Crippen molar-refractivity contribution in [1.82, 2.24) is 4.90 Å². The van der Waals surface area contributed by atoms with Gasteiger partial charge in [-0.3, -0.25) is 4.79 Å². The Morgan fingerprint density at radius 3 is 2.28 bits per heavy atom. The summed E-state index contributed by atoms with van der Waals surface area (Å²) >= 11 is 0. The number of hydrogen-bond donors (Lipinski definition) is 1. The second-order valence-corrected chi connectivity index (χ2v) is 3.64. The number of nitrogens with zero attached hydrogens (tertiary/aromatic N) is 1. The summed E-state index contributed by atoms with van der Waals surface area (Å²) in [6, 6.07) is 1.59. The van der Waals surface area contributed by atoms with Crippen LogP contribution < -0.4 is 5.73 Å². The zero-order chi connectivity index (χ0) is 13.7. The van der Waals surface area contributed by atoms with Crippen LogP contribution in [0.4, 0.5) is 14.5 Å². The Bertz CT molecular complexity index is 476. The van der Waals surface area contributed by atoms with Gasteiger partial charge in [0.25, 0.3) is 5.91 Å². The van der Waals surface area contributed by atoms with Crippen LogP contribution in [0.5, 0.6) is 0 Å². The SMILES string of the molecule is C=CCN(CC=C)C(=O)c1cc(N)c(F)cc1F. The predicted molar refractivity (Wildman–Crippen MR) is 67.1 cm³/mol. The number of hydrogen-bond acceptors (Lipinski definition) is 2. The van der Waals surface area contributed by atoms with Crippen LogP contribution in [0.15, 0.2) is 37.4 Å². The number of carbonyl (C=O) groups is 1. The third-order valence-electron chi connectivity index (χ3n) is 2.30. The highest BCUT2D eigenvalue weighted by molar-refractivity contribution is 5.95. The first-order valence-electron chi connectivity index (χ1n) is 5.26. The van der Waals surface area contributed by atoms with E-state index in [4.69, 9.17) is 5.73 Å². The molecule has 1 aromatic carbocycles. The summed E-state index contributed by atoms with van der Waals surface area (Å²) in [5, 5.41) is 0. The van der Waals surface area contributed by atoms with E-state index in [2.05, 4.69) is 13.2 Å². The van der Waals surface area contributed by atoms with E-state index in [9.17, 15) is 13.6 Å². The van der Waals surface area contributed by atoms with Crippen molar-refractivity contribution in [3.8, 4) is 0 Å². The van der Waals surface area contributed by atoms with E-state index >= 15 is 0 Å². The van der Waals surface area contributed by atoms with Gasteiger partial charge in [-0.1, -0.05) is 12.2 Å². The topological polar surface area (TPSA) is 46.3 Å². The molecule has 0 aromatic heterocycles. The average Bonchev–Trinajstić information content (AvgIpc) is 2.33. The molecule has 0 aliphatic carbocycles. The Morgan fingerprint density at radius 2 is 1.78 bits per heavy atom. The molecule has 0 saturated heterocycles. The molecule has 3 nitrogen and oxygen atoms in total. The van der Waals surface area contributed by atoms with Crippen molar-refractivity contribution in [1.29, 1.82) is 0 Å². The van der Waals surface area contributed by atoms with Crippen molar-refractivity contribution in [2.24, 2.45) is 0 Å². The Hall–Kier alpha value is -2.17. The van der Waals surface area contributed by atoms with Crippen molar-refractivity contribution in [2.75, 3.05) is 18.8 Å². The first kappa shape index (κ1) is 13.9. The van der Waals surface area contributed by atoms with Gasteiger partial charge in [0.2, 0.25) is 0 Å². The predicted octanol–water partition coefficient (Wildman–Crippen LogP) is 2.36. The van der Waals surface area contributed by atoms with Gasteiger partial charge >= 0.3 is 0 Å². The largest absolute Gasteiger partial charge is 0.396 e. The van der Waals surface area contributed by atoms with Crippen LogP contribution in [-0.2, 0) is 0 Å². The summed E-state index contributed by atoms with van der Waals surface area (Å²) in [5.74, 6) is -2.41. The molecule has 5 heteroatoms. The molecule has 0 saturated carbocycles. The van der Waals surface area contributed by atoms with Gasteiger partial charge < -0.3 is 10.6 Å². The zero-order valence-electron chi connectivity index (χ0n) is 9.83. The molecule has 1 amide bonds. The minimum absolute atomic E-state index is 0.238. The van der Waals surface area contributed by atoms with Crippen LogP contribution in [0.2, 0.25) is 0 Å². The van der Waals surface area contributed by atoms with Gasteiger partial charge in [-0.25, -0.2) is 8.78 Å². The van der Waals surface area contributed by atoms with Crippen LogP contribution in [0, 0.1) is 11.6 Å². The average molecular weight is 252 g/mol. The zero-order valence-corrected chi connectivity index (χ0v) is 9.83. The third kappa shape index (κ3) is 2.94. The van der Waals surface area contributed by atoms with Gasteiger partial charge in [0.05, 0.1) is 11.3 Å². The Labute approximate surface area is 104 Å². The molecule has 0 aliphatic heterocycles. The van der Waals surface area contributed by atoms with Gasteiger partial charge in [0.15, 0.2) is 0 Å². The van der Waals surface area contributed by atoms with E-state index in [0.717, 1.165) is 6.07 Å². The van der Waals surface area contributed by atoms with E-state index in [-0.39, 0.29) is 24.3 Å². The number of nitrogen functional groups attached to an aromatic ring is 1. The number of anilines is 1. The number of amides is 1. The number of rotatable bonds is 5. The number of benzene rings is 1. The smallest absolute Gasteiger partial charge is 0.257 e. The normalized spacial score (nSPS) is 9.89. The summed E-state index contributed by atoms with van der Waals surface area (Å²) in [7, 11) is 0. The maximum absolute atomic E-state index is 13.5. The van der Waals surface area contributed by atoms with Gasteiger partial charge in [-0.2, -0.15) is 0 Å². The summed E-state index contributed by atoms with van der Waals surface area (Å²) < 4.78 is 26.5. The lowest BCUT2D eigenvalue weighted by Crippen LogP contribution is -2.32. The Kier molecular flexibility index (Phi) is 4.59. The summed E-state index contributed by atoms with van der Waals surface area (Å²) in [6.45, 7) is 7.49. The van der Waals surface area contributed by atoms with Gasteiger partial charge in [-0.05, 0) is 6.07 Å². The fourth-order valence-electron chi connectivity index (χ4n) is 1.45. The molecule has 0 aliphatic rings. The fraction of sp³-hybridized carbons (Fsp3) is 0.154. The first-order chi connectivity index (χ1) is 8.51. The minimum atomic E-state index is -0.940. The summed E-state index contributed by atoms with van der Waals surface area (Å²) in [5.41, 5.74) is 4.79. The molecular weight excluding hydrogens is 238 g/mol. The highest BCUT2D eigenvalue weighted by atomic mass is 19.1. The molecule has 0 spiro atoms. The lowest BCUT2D eigenvalue weighted by Gasteiger charge is -2.19. The van der Waals surface area contributed by atoms with Gasteiger partial charge in [-0.15, -0.1) is 13.2 Å². The van der Waals surface area contributed by atoms with E-state index in [0.29, 0.717) is 6.07 Å². The first-order valence-corrected chi connectivity index (χ1v) is 5.26. The molecule has 96 valence electrons. The Morgan fingerprint density at radius 1 is 1.22 bits per heavy atom. The molecule has 18 heavy (non-hydrogen) atoms. The lowest BCUT2D eigenvalue weighted by atomic mass is 10.1. The molecule has 0 radical (unpaired) electrons. The van der Waals surface area contributed by atoms with Crippen LogP contribution in [0.3, 0.4) is 0 Å². The van der Waals surface area contributed by atoms with Gasteiger partial charge in [0, 0.05) is 19.2 Å². The molecule has 1 rings (SSSR count). The lowest BCUT2D eigenvalue weighted by molar-refractivity contribution is 0.0786.